The molecule has 0 aromatic carbocycles. The van der Waals surface area contributed by atoms with Gasteiger partial charge in [-0.1, -0.05) is 0 Å². The van der Waals surface area contributed by atoms with Crippen LogP contribution >= 0.6 is 0 Å². The third-order valence-electron chi connectivity index (χ3n) is 4.66. The highest BCUT2D eigenvalue weighted by Gasteiger charge is 2.32. The lowest BCUT2D eigenvalue weighted by molar-refractivity contribution is 0.0497. The van der Waals surface area contributed by atoms with Crippen molar-refractivity contribution >= 4 is 0 Å². The van der Waals surface area contributed by atoms with Gasteiger partial charge in [0, 0.05) is 50.8 Å². The Labute approximate surface area is 111 Å². The molecule has 2 atom stereocenters. The smallest absolute Gasteiger partial charge is 0.0620 e. The van der Waals surface area contributed by atoms with Crippen LogP contribution in [0.3, 0.4) is 0 Å². The summed E-state index contributed by atoms with van der Waals surface area (Å²) >= 11 is 0. The van der Waals surface area contributed by atoms with E-state index in [0.717, 1.165) is 25.8 Å². The van der Waals surface area contributed by atoms with Crippen molar-refractivity contribution in [1.29, 1.82) is 0 Å². The van der Waals surface area contributed by atoms with Crippen LogP contribution in [0.15, 0.2) is 0 Å². The Kier molecular flexibility index (Phi) is 4.19. The molecule has 1 aliphatic carbocycles. The molecule has 4 heteroatoms. The predicted octanol–water partition coefficient (Wildman–Crippen LogP) is 0.533. The molecule has 0 bridgehead atoms. The summed E-state index contributed by atoms with van der Waals surface area (Å²) in [4.78, 5) is 5.35. The molecule has 1 saturated carbocycles. The van der Waals surface area contributed by atoms with E-state index in [1.54, 1.807) is 0 Å². The quantitative estimate of drug-likeness (QED) is 0.791. The summed E-state index contributed by atoms with van der Waals surface area (Å²) in [7, 11) is 0. The van der Waals surface area contributed by atoms with Crippen molar-refractivity contribution < 1.29 is 4.74 Å². The zero-order valence-corrected chi connectivity index (χ0v) is 11.6. The average Bonchev–Trinajstić information content (AvgIpc) is 3.24. The molecule has 0 radical (unpaired) electrons. The van der Waals surface area contributed by atoms with Crippen LogP contribution in [0.5, 0.6) is 0 Å². The van der Waals surface area contributed by atoms with Crippen molar-refractivity contribution in [2.24, 2.45) is 0 Å². The van der Waals surface area contributed by atoms with Gasteiger partial charge in [0.1, 0.15) is 0 Å². The normalized spacial score (nSPS) is 33.5. The second kappa shape index (κ2) is 5.87. The number of hydrogen-bond acceptors (Lipinski definition) is 4. The lowest BCUT2D eigenvalue weighted by atomic mass is 10.1. The van der Waals surface area contributed by atoms with E-state index >= 15 is 0 Å². The molecule has 1 N–H and O–H groups in total. The number of morpholine rings is 1. The minimum atomic E-state index is 0.565. The number of nitrogens with zero attached hydrogens (tertiary/aromatic N) is 2. The van der Waals surface area contributed by atoms with E-state index in [9.17, 15) is 0 Å². The topological polar surface area (TPSA) is 27.7 Å². The molecular weight excluding hydrogens is 226 g/mol. The van der Waals surface area contributed by atoms with Gasteiger partial charge in [-0.15, -0.1) is 0 Å². The van der Waals surface area contributed by atoms with Crippen LogP contribution < -0.4 is 5.32 Å². The molecule has 104 valence electrons. The lowest BCUT2D eigenvalue weighted by Crippen LogP contribution is -2.52. The van der Waals surface area contributed by atoms with Gasteiger partial charge in [-0.05, 0) is 26.2 Å². The fourth-order valence-electron chi connectivity index (χ4n) is 3.31. The number of ether oxygens (including phenoxy) is 1. The standard InChI is InChI=1S/C14H27N3O/c1-12(10-13-11-18-9-4-15-13)16-5-7-17(8-6-16)14-2-3-14/h12-15H,2-11H2,1H3. The van der Waals surface area contributed by atoms with E-state index in [1.165, 1.54) is 45.4 Å². The van der Waals surface area contributed by atoms with Crippen LogP contribution in [0.25, 0.3) is 0 Å². The fourth-order valence-corrected chi connectivity index (χ4v) is 3.31. The number of rotatable bonds is 4. The molecule has 0 spiro atoms. The van der Waals surface area contributed by atoms with Gasteiger partial charge < -0.3 is 10.1 Å². The highest BCUT2D eigenvalue weighted by atomic mass is 16.5. The molecule has 2 heterocycles. The largest absolute Gasteiger partial charge is 0.379 e. The minimum Gasteiger partial charge on any atom is -0.379 e. The van der Waals surface area contributed by atoms with Crippen molar-refractivity contribution in [3.05, 3.63) is 0 Å². The lowest BCUT2D eigenvalue weighted by Gasteiger charge is -2.39. The molecule has 0 amide bonds. The van der Waals surface area contributed by atoms with Crippen molar-refractivity contribution in [2.75, 3.05) is 45.9 Å². The molecule has 0 aromatic rings. The first-order chi connectivity index (χ1) is 8.83. The average molecular weight is 253 g/mol. The van der Waals surface area contributed by atoms with Gasteiger partial charge in [0.25, 0.3) is 0 Å². The van der Waals surface area contributed by atoms with Crippen LogP contribution in [-0.4, -0.2) is 73.9 Å². The van der Waals surface area contributed by atoms with Gasteiger partial charge in [-0.25, -0.2) is 0 Å². The molecule has 3 aliphatic rings. The first-order valence-electron chi connectivity index (χ1n) is 7.62. The molecule has 2 saturated heterocycles. The molecule has 0 aromatic heterocycles. The number of piperazine rings is 1. The summed E-state index contributed by atoms with van der Waals surface area (Å²) in [5, 5.41) is 3.56. The SMILES string of the molecule is CC(CC1COCCN1)N1CCN(C2CC2)CC1. The van der Waals surface area contributed by atoms with Gasteiger partial charge in [0.2, 0.25) is 0 Å². The van der Waals surface area contributed by atoms with Crippen LogP contribution in [0.2, 0.25) is 0 Å². The van der Waals surface area contributed by atoms with E-state index in [2.05, 4.69) is 22.0 Å². The Hall–Kier alpha value is -0.160. The van der Waals surface area contributed by atoms with Gasteiger partial charge >= 0.3 is 0 Å². The molecular formula is C14H27N3O. The first kappa shape index (κ1) is 12.9. The zero-order chi connectivity index (χ0) is 12.4. The molecule has 4 nitrogen and oxygen atoms in total. The summed E-state index contributed by atoms with van der Waals surface area (Å²) < 4.78 is 5.54. The highest BCUT2D eigenvalue weighted by Crippen LogP contribution is 2.27. The maximum Gasteiger partial charge on any atom is 0.0620 e. The first-order valence-corrected chi connectivity index (χ1v) is 7.62. The van der Waals surface area contributed by atoms with Gasteiger partial charge in [-0.3, -0.25) is 9.80 Å². The third kappa shape index (κ3) is 3.23. The molecule has 2 aliphatic heterocycles. The summed E-state index contributed by atoms with van der Waals surface area (Å²) in [6.45, 7) is 10.2. The van der Waals surface area contributed by atoms with Gasteiger partial charge in [0.05, 0.1) is 13.2 Å². The second-order valence-corrected chi connectivity index (χ2v) is 6.11. The van der Waals surface area contributed by atoms with Crippen molar-refractivity contribution in [3.8, 4) is 0 Å². The monoisotopic (exact) mass is 253 g/mol. The highest BCUT2D eigenvalue weighted by molar-refractivity contribution is 4.89. The van der Waals surface area contributed by atoms with E-state index < -0.39 is 0 Å². The van der Waals surface area contributed by atoms with Gasteiger partial charge in [-0.2, -0.15) is 0 Å². The summed E-state index contributed by atoms with van der Waals surface area (Å²) in [5.41, 5.74) is 0. The maximum atomic E-state index is 5.54. The van der Waals surface area contributed by atoms with Crippen LogP contribution in [0.4, 0.5) is 0 Å². The van der Waals surface area contributed by atoms with Crippen molar-refractivity contribution in [1.82, 2.24) is 15.1 Å². The van der Waals surface area contributed by atoms with E-state index in [4.69, 9.17) is 4.74 Å². The van der Waals surface area contributed by atoms with Crippen LogP contribution in [-0.2, 0) is 4.74 Å². The summed E-state index contributed by atoms with van der Waals surface area (Å²) in [6.07, 6.45) is 4.11. The molecule has 3 fully saturated rings. The zero-order valence-electron chi connectivity index (χ0n) is 11.6. The minimum absolute atomic E-state index is 0.565. The summed E-state index contributed by atoms with van der Waals surface area (Å²) in [5.74, 6) is 0. The maximum absolute atomic E-state index is 5.54. The molecule has 2 unspecified atom stereocenters. The van der Waals surface area contributed by atoms with E-state index in [-0.39, 0.29) is 0 Å². The summed E-state index contributed by atoms with van der Waals surface area (Å²) in [6, 6.07) is 2.19. The van der Waals surface area contributed by atoms with Crippen molar-refractivity contribution in [3.63, 3.8) is 0 Å². The fraction of sp³-hybridized carbons (Fsp3) is 1.00. The Balaban J connectivity index is 1.40. The van der Waals surface area contributed by atoms with E-state index in [1.807, 2.05) is 0 Å². The van der Waals surface area contributed by atoms with Crippen LogP contribution in [0.1, 0.15) is 26.2 Å². The predicted molar refractivity (Wildman–Crippen MR) is 72.9 cm³/mol. The van der Waals surface area contributed by atoms with Crippen molar-refractivity contribution in [2.45, 2.75) is 44.3 Å². The Bertz CT molecular complexity index is 256. The molecule has 3 rings (SSSR count). The number of hydrogen-bond donors (Lipinski definition) is 1. The Morgan fingerprint density at radius 2 is 2.00 bits per heavy atom. The van der Waals surface area contributed by atoms with E-state index in [0.29, 0.717) is 12.1 Å². The second-order valence-electron chi connectivity index (χ2n) is 6.11. The Morgan fingerprint density at radius 3 is 2.61 bits per heavy atom. The molecule has 18 heavy (non-hydrogen) atoms. The third-order valence-corrected chi connectivity index (χ3v) is 4.66. The Morgan fingerprint density at radius 1 is 1.22 bits per heavy atom. The number of nitrogens with one attached hydrogen (secondary N) is 1. The van der Waals surface area contributed by atoms with Gasteiger partial charge in [0.15, 0.2) is 0 Å². The van der Waals surface area contributed by atoms with Crippen LogP contribution in [0, 0.1) is 0 Å².